The Morgan fingerprint density at radius 2 is 2.25 bits per heavy atom. The second-order valence-corrected chi connectivity index (χ2v) is 7.39. The molecule has 2 fully saturated rings. The quantitative estimate of drug-likeness (QED) is 0.630. The fourth-order valence-corrected chi connectivity index (χ4v) is 3.54. The van der Waals surface area contributed by atoms with Crippen LogP contribution in [0.4, 0.5) is 0 Å². The van der Waals surface area contributed by atoms with E-state index in [9.17, 15) is 13.2 Å². The molecule has 2 unspecified atom stereocenters. The van der Waals surface area contributed by atoms with Crippen molar-refractivity contribution in [2.75, 3.05) is 26.2 Å². The van der Waals surface area contributed by atoms with Crippen molar-refractivity contribution in [1.29, 1.82) is 0 Å². The van der Waals surface area contributed by atoms with Crippen molar-refractivity contribution in [3.8, 4) is 0 Å². The third kappa shape index (κ3) is 3.91. The molecule has 2 aliphatic heterocycles. The minimum absolute atomic E-state index is 0.135. The molecule has 0 spiro atoms. The fourth-order valence-electron chi connectivity index (χ4n) is 3.08. The van der Waals surface area contributed by atoms with Gasteiger partial charge >= 0.3 is 0 Å². The molecule has 2 saturated heterocycles. The number of piperidine rings is 1. The Kier molecular flexibility index (Phi) is 4.68. The molecular weight excluding hydrogens is 280 g/mol. The molecule has 2 atom stereocenters. The Morgan fingerprint density at radius 1 is 1.50 bits per heavy atom. The second kappa shape index (κ2) is 5.97. The molecule has 4 N–H and O–H groups in total. The third-order valence-corrected chi connectivity index (χ3v) is 4.79. The Labute approximate surface area is 120 Å². The first-order valence-corrected chi connectivity index (χ1v) is 8.67. The van der Waals surface area contributed by atoms with Gasteiger partial charge in [0.15, 0.2) is 0 Å². The predicted octanol–water partition coefficient (Wildman–Crippen LogP) is -0.840. The van der Waals surface area contributed by atoms with E-state index in [2.05, 4.69) is 10.0 Å². The standard InChI is InChI=1S/C12H24N4O3S/c1-12(5-3-6-14-12)11(17)16-7-2-4-10(9-16)8-15-20(13,18)19/h10,14-15H,2-9H2,1H3,(H2,13,18,19). The van der Waals surface area contributed by atoms with Gasteiger partial charge in [0.1, 0.15) is 0 Å². The minimum atomic E-state index is -3.65. The molecule has 7 nitrogen and oxygen atoms in total. The molecule has 0 aromatic rings. The van der Waals surface area contributed by atoms with Gasteiger partial charge in [-0.1, -0.05) is 0 Å². The van der Waals surface area contributed by atoms with Crippen LogP contribution in [0.15, 0.2) is 0 Å². The van der Waals surface area contributed by atoms with Gasteiger partial charge in [-0.15, -0.1) is 0 Å². The molecule has 1 amide bonds. The molecule has 116 valence electrons. The number of nitrogens with one attached hydrogen (secondary N) is 2. The van der Waals surface area contributed by atoms with Crippen molar-refractivity contribution in [3.63, 3.8) is 0 Å². The topological polar surface area (TPSA) is 105 Å². The highest BCUT2D eigenvalue weighted by Crippen LogP contribution is 2.24. The van der Waals surface area contributed by atoms with Crippen LogP contribution >= 0.6 is 0 Å². The lowest BCUT2D eigenvalue weighted by Gasteiger charge is -2.37. The highest BCUT2D eigenvalue weighted by atomic mass is 32.2. The number of amides is 1. The Bertz CT molecular complexity index is 459. The molecule has 0 saturated carbocycles. The zero-order chi connectivity index (χ0) is 14.8. The predicted molar refractivity (Wildman–Crippen MR) is 76.1 cm³/mol. The van der Waals surface area contributed by atoms with Crippen molar-refractivity contribution in [2.24, 2.45) is 11.1 Å². The zero-order valence-corrected chi connectivity index (χ0v) is 12.7. The first kappa shape index (κ1) is 15.7. The van der Waals surface area contributed by atoms with Crippen LogP contribution in [0.1, 0.15) is 32.6 Å². The minimum Gasteiger partial charge on any atom is -0.341 e. The van der Waals surface area contributed by atoms with Crippen LogP contribution in [-0.2, 0) is 15.0 Å². The Hall–Kier alpha value is -0.700. The maximum atomic E-state index is 12.6. The summed E-state index contributed by atoms with van der Waals surface area (Å²) >= 11 is 0. The first-order valence-electron chi connectivity index (χ1n) is 7.12. The maximum absolute atomic E-state index is 12.6. The van der Waals surface area contributed by atoms with E-state index in [1.165, 1.54) is 0 Å². The third-order valence-electron chi connectivity index (χ3n) is 4.22. The summed E-state index contributed by atoms with van der Waals surface area (Å²) in [6.45, 7) is 4.48. The molecule has 8 heteroatoms. The van der Waals surface area contributed by atoms with E-state index < -0.39 is 15.7 Å². The lowest BCUT2D eigenvalue weighted by molar-refractivity contribution is -0.139. The van der Waals surface area contributed by atoms with Gasteiger partial charge in [0, 0.05) is 19.6 Å². The molecule has 2 heterocycles. The number of carbonyl (C=O) groups excluding carboxylic acids is 1. The molecule has 2 aliphatic rings. The first-order chi connectivity index (χ1) is 9.30. The van der Waals surface area contributed by atoms with Crippen LogP contribution in [0.25, 0.3) is 0 Å². The second-order valence-electron chi connectivity index (χ2n) is 6.02. The van der Waals surface area contributed by atoms with Crippen LogP contribution in [-0.4, -0.2) is 50.9 Å². The summed E-state index contributed by atoms with van der Waals surface area (Å²) in [5.74, 6) is 0.270. The molecule has 2 rings (SSSR count). The van der Waals surface area contributed by atoms with Gasteiger partial charge in [-0.25, -0.2) is 9.86 Å². The van der Waals surface area contributed by atoms with Crippen LogP contribution < -0.4 is 15.2 Å². The van der Waals surface area contributed by atoms with E-state index in [1.54, 1.807) is 0 Å². The van der Waals surface area contributed by atoms with Crippen LogP contribution in [0, 0.1) is 5.92 Å². The van der Waals surface area contributed by atoms with Gasteiger partial charge in [-0.2, -0.15) is 8.42 Å². The van der Waals surface area contributed by atoms with Crippen molar-refractivity contribution in [2.45, 2.75) is 38.1 Å². The van der Waals surface area contributed by atoms with Gasteiger partial charge in [0.25, 0.3) is 10.2 Å². The summed E-state index contributed by atoms with van der Waals surface area (Å²) in [5.41, 5.74) is -0.449. The molecule has 0 aromatic carbocycles. The van der Waals surface area contributed by atoms with Gasteiger partial charge < -0.3 is 10.2 Å². The van der Waals surface area contributed by atoms with Crippen molar-refractivity contribution >= 4 is 16.1 Å². The van der Waals surface area contributed by atoms with Gasteiger partial charge in [0.2, 0.25) is 5.91 Å². The van der Waals surface area contributed by atoms with E-state index in [4.69, 9.17) is 5.14 Å². The van der Waals surface area contributed by atoms with Gasteiger partial charge in [-0.3, -0.25) is 4.79 Å². The van der Waals surface area contributed by atoms with E-state index in [0.717, 1.165) is 38.8 Å². The number of carbonyl (C=O) groups is 1. The average molecular weight is 304 g/mol. The van der Waals surface area contributed by atoms with Crippen molar-refractivity contribution in [1.82, 2.24) is 14.9 Å². The summed E-state index contributed by atoms with van der Waals surface area (Å²) in [6.07, 6.45) is 3.70. The number of nitrogens with two attached hydrogens (primary N) is 1. The maximum Gasteiger partial charge on any atom is 0.274 e. The summed E-state index contributed by atoms with van der Waals surface area (Å²) in [6, 6.07) is 0. The van der Waals surface area contributed by atoms with Crippen LogP contribution in [0.2, 0.25) is 0 Å². The van der Waals surface area contributed by atoms with Gasteiger partial charge in [0.05, 0.1) is 5.54 Å². The summed E-state index contributed by atoms with van der Waals surface area (Å²) < 4.78 is 24.2. The number of likely N-dealkylation sites (tertiary alicyclic amines) is 1. The van der Waals surface area contributed by atoms with Crippen molar-refractivity contribution < 1.29 is 13.2 Å². The number of hydrogen-bond acceptors (Lipinski definition) is 4. The van der Waals surface area contributed by atoms with Crippen molar-refractivity contribution in [3.05, 3.63) is 0 Å². The summed E-state index contributed by atoms with van der Waals surface area (Å²) in [4.78, 5) is 14.4. The Morgan fingerprint density at radius 3 is 2.85 bits per heavy atom. The number of rotatable bonds is 4. The average Bonchev–Trinajstić information content (AvgIpc) is 2.83. The largest absolute Gasteiger partial charge is 0.341 e. The van der Waals surface area contributed by atoms with Crippen LogP contribution in [0.3, 0.4) is 0 Å². The molecule has 0 bridgehead atoms. The highest BCUT2D eigenvalue weighted by molar-refractivity contribution is 7.87. The molecule has 0 aliphatic carbocycles. The number of hydrogen-bond donors (Lipinski definition) is 3. The lowest BCUT2D eigenvalue weighted by Crippen LogP contribution is -2.55. The van der Waals surface area contributed by atoms with E-state index in [1.807, 2.05) is 11.8 Å². The molecular formula is C12H24N4O3S. The SMILES string of the molecule is CC1(C(=O)N2CCCC(CNS(N)(=O)=O)C2)CCCN1. The Balaban J connectivity index is 1.91. The van der Waals surface area contributed by atoms with E-state index in [0.29, 0.717) is 13.1 Å². The van der Waals surface area contributed by atoms with E-state index >= 15 is 0 Å². The molecule has 0 aromatic heterocycles. The normalized spacial score (nSPS) is 31.5. The van der Waals surface area contributed by atoms with Crippen LogP contribution in [0.5, 0.6) is 0 Å². The van der Waals surface area contributed by atoms with E-state index in [-0.39, 0.29) is 11.8 Å². The lowest BCUT2D eigenvalue weighted by atomic mass is 9.93. The smallest absolute Gasteiger partial charge is 0.274 e. The monoisotopic (exact) mass is 304 g/mol. The number of nitrogens with zero attached hydrogens (tertiary/aromatic N) is 1. The molecule has 0 radical (unpaired) electrons. The zero-order valence-electron chi connectivity index (χ0n) is 11.9. The molecule has 20 heavy (non-hydrogen) atoms. The summed E-state index contributed by atoms with van der Waals surface area (Å²) in [5, 5.41) is 8.22. The summed E-state index contributed by atoms with van der Waals surface area (Å²) in [7, 11) is -3.65. The fraction of sp³-hybridized carbons (Fsp3) is 0.917. The van der Waals surface area contributed by atoms with Gasteiger partial charge in [-0.05, 0) is 45.1 Å². The highest BCUT2D eigenvalue weighted by Gasteiger charge is 2.40.